The summed E-state index contributed by atoms with van der Waals surface area (Å²) in [5, 5.41) is 2.43. The molecule has 0 aliphatic carbocycles. The molecule has 1 aliphatic rings. The van der Waals surface area contributed by atoms with Crippen molar-refractivity contribution < 1.29 is 9.53 Å². The van der Waals surface area contributed by atoms with Gasteiger partial charge in [-0.1, -0.05) is 41.5 Å². The fraction of sp³-hybridized carbons (Fsp3) is 0.391. The predicted molar refractivity (Wildman–Crippen MR) is 126 cm³/mol. The van der Waals surface area contributed by atoms with Gasteiger partial charge in [-0.3, -0.25) is 0 Å². The summed E-state index contributed by atoms with van der Waals surface area (Å²) in [4.78, 5) is 17.9. The van der Waals surface area contributed by atoms with Crippen LogP contribution >= 0.6 is 34.5 Å². The molecule has 7 heteroatoms. The van der Waals surface area contributed by atoms with Crippen molar-refractivity contribution >= 4 is 56.2 Å². The molecule has 1 fully saturated rings. The minimum absolute atomic E-state index is 0.237. The highest BCUT2D eigenvalue weighted by Gasteiger charge is 2.31. The molecule has 4 nitrogen and oxygen atoms in total. The van der Waals surface area contributed by atoms with Gasteiger partial charge in [0.2, 0.25) is 0 Å². The number of hydrogen-bond donors (Lipinski definition) is 0. The molecule has 0 atom stereocenters. The fourth-order valence-electron chi connectivity index (χ4n) is 3.84. The summed E-state index contributed by atoms with van der Waals surface area (Å²) in [5.74, 6) is 0.730. The van der Waals surface area contributed by atoms with Gasteiger partial charge in [0.15, 0.2) is 5.13 Å². The summed E-state index contributed by atoms with van der Waals surface area (Å²) in [5.41, 5.74) is 2.13. The Labute approximate surface area is 190 Å². The van der Waals surface area contributed by atoms with Gasteiger partial charge in [-0.2, -0.15) is 0 Å². The quantitative estimate of drug-likeness (QED) is 0.379. The van der Waals surface area contributed by atoms with E-state index in [1.165, 1.54) is 0 Å². The normalized spacial score (nSPS) is 16.0. The average Bonchev–Trinajstić information content (AvgIpc) is 3.11. The number of halogens is 2. The number of aldehydes is 1. The standard InChI is InChI=1S/C23H24Cl2N2O2S/c1-23(7-11-29-19-13-16(4-10-28)12-18(25)14-19)5-8-27(9-6-23)22-26-20-3-2-17(24)15-21(20)30-22/h2-3,10,12-15H,4-9,11H2,1H3. The first kappa shape index (κ1) is 21.4. The lowest BCUT2D eigenvalue weighted by molar-refractivity contribution is -0.107. The molecule has 1 aliphatic heterocycles. The Balaban J connectivity index is 1.32. The Morgan fingerprint density at radius 3 is 2.73 bits per heavy atom. The number of ether oxygens (including phenoxy) is 1. The number of anilines is 1. The number of nitrogens with zero attached hydrogens (tertiary/aromatic N) is 2. The molecule has 0 amide bonds. The first-order chi connectivity index (χ1) is 14.4. The topological polar surface area (TPSA) is 42.4 Å². The van der Waals surface area contributed by atoms with E-state index in [0.717, 1.165) is 70.3 Å². The van der Waals surface area contributed by atoms with E-state index in [4.69, 9.17) is 32.9 Å². The SMILES string of the molecule is CC1(CCOc2cc(Cl)cc(CC=O)c2)CCN(c2nc3ccc(Cl)cc3s2)CC1. The van der Waals surface area contributed by atoms with Crippen LogP contribution in [0.4, 0.5) is 5.13 Å². The van der Waals surface area contributed by atoms with Gasteiger partial charge in [0.1, 0.15) is 12.0 Å². The van der Waals surface area contributed by atoms with Crippen LogP contribution in [0, 0.1) is 5.41 Å². The highest BCUT2D eigenvalue weighted by atomic mass is 35.5. The second kappa shape index (κ2) is 9.13. The minimum atomic E-state index is 0.237. The lowest BCUT2D eigenvalue weighted by Crippen LogP contribution is -2.39. The summed E-state index contributed by atoms with van der Waals surface area (Å²) < 4.78 is 7.10. The lowest BCUT2D eigenvalue weighted by atomic mass is 9.78. The van der Waals surface area contributed by atoms with Crippen LogP contribution in [-0.4, -0.2) is 31.0 Å². The van der Waals surface area contributed by atoms with Crippen LogP contribution in [0.2, 0.25) is 10.0 Å². The third-order valence-electron chi connectivity index (χ3n) is 5.80. The third kappa shape index (κ3) is 5.08. The number of carbonyl (C=O) groups excluding carboxylic acids is 1. The van der Waals surface area contributed by atoms with Gasteiger partial charge in [-0.05, 0) is 66.6 Å². The van der Waals surface area contributed by atoms with Crippen molar-refractivity contribution in [3.8, 4) is 5.75 Å². The molecule has 3 aromatic rings. The van der Waals surface area contributed by atoms with Crippen molar-refractivity contribution in [2.75, 3.05) is 24.6 Å². The zero-order valence-corrected chi connectivity index (χ0v) is 19.2. The smallest absolute Gasteiger partial charge is 0.186 e. The third-order valence-corrected chi connectivity index (χ3v) is 7.34. The molecule has 0 saturated carbocycles. The largest absolute Gasteiger partial charge is 0.494 e. The molecule has 0 N–H and O–H groups in total. The molecule has 0 spiro atoms. The van der Waals surface area contributed by atoms with E-state index in [2.05, 4.69) is 11.8 Å². The van der Waals surface area contributed by atoms with Crippen molar-refractivity contribution in [1.29, 1.82) is 0 Å². The molecule has 1 aromatic heterocycles. The van der Waals surface area contributed by atoms with Crippen molar-refractivity contribution in [2.24, 2.45) is 5.41 Å². The second-order valence-corrected chi connectivity index (χ2v) is 10.1. The average molecular weight is 463 g/mol. The van der Waals surface area contributed by atoms with Gasteiger partial charge in [-0.25, -0.2) is 4.98 Å². The fourth-order valence-corrected chi connectivity index (χ4v) is 5.38. The summed E-state index contributed by atoms with van der Waals surface area (Å²) in [6.45, 7) is 4.95. The monoisotopic (exact) mass is 462 g/mol. The Hall–Kier alpha value is -1.82. The van der Waals surface area contributed by atoms with E-state index in [1.807, 2.05) is 24.3 Å². The summed E-state index contributed by atoms with van der Waals surface area (Å²) in [6.07, 6.45) is 4.40. The van der Waals surface area contributed by atoms with E-state index < -0.39 is 0 Å². The van der Waals surface area contributed by atoms with Crippen LogP contribution in [0.3, 0.4) is 0 Å². The molecule has 158 valence electrons. The van der Waals surface area contributed by atoms with Crippen molar-refractivity contribution in [3.63, 3.8) is 0 Å². The molecule has 4 rings (SSSR count). The van der Waals surface area contributed by atoms with E-state index >= 15 is 0 Å². The first-order valence-corrected chi connectivity index (χ1v) is 11.7. The van der Waals surface area contributed by atoms with Crippen molar-refractivity contribution in [1.82, 2.24) is 4.98 Å². The maximum atomic E-state index is 10.8. The Morgan fingerprint density at radius 1 is 1.17 bits per heavy atom. The Bertz CT molecular complexity index is 1040. The molecular formula is C23H24Cl2N2O2S. The highest BCUT2D eigenvalue weighted by Crippen LogP contribution is 2.38. The van der Waals surface area contributed by atoms with Gasteiger partial charge in [0.25, 0.3) is 0 Å². The highest BCUT2D eigenvalue weighted by molar-refractivity contribution is 7.22. The molecule has 0 radical (unpaired) electrons. The molecule has 0 bridgehead atoms. The van der Waals surface area contributed by atoms with E-state index in [-0.39, 0.29) is 5.41 Å². The lowest BCUT2D eigenvalue weighted by Gasteiger charge is -2.39. The van der Waals surface area contributed by atoms with Crippen molar-refractivity contribution in [3.05, 3.63) is 52.0 Å². The second-order valence-electron chi connectivity index (χ2n) is 8.17. The predicted octanol–water partition coefficient (Wildman–Crippen LogP) is 6.42. The summed E-state index contributed by atoms with van der Waals surface area (Å²) in [6, 6.07) is 11.4. The Morgan fingerprint density at radius 2 is 1.97 bits per heavy atom. The molecular weight excluding hydrogens is 439 g/mol. The molecule has 0 unspecified atom stereocenters. The van der Waals surface area contributed by atoms with E-state index in [1.54, 1.807) is 23.5 Å². The van der Waals surface area contributed by atoms with Crippen LogP contribution in [0.15, 0.2) is 36.4 Å². The van der Waals surface area contributed by atoms with Crippen LogP contribution in [0.1, 0.15) is 31.7 Å². The zero-order valence-electron chi connectivity index (χ0n) is 16.9. The van der Waals surface area contributed by atoms with Gasteiger partial charge in [0.05, 0.1) is 16.8 Å². The summed E-state index contributed by atoms with van der Waals surface area (Å²) >= 11 is 14.0. The number of hydrogen-bond acceptors (Lipinski definition) is 5. The maximum Gasteiger partial charge on any atom is 0.186 e. The minimum Gasteiger partial charge on any atom is -0.494 e. The number of rotatable bonds is 7. The summed E-state index contributed by atoms with van der Waals surface area (Å²) in [7, 11) is 0. The van der Waals surface area contributed by atoms with Gasteiger partial charge in [0, 0.05) is 29.6 Å². The first-order valence-electron chi connectivity index (χ1n) is 10.1. The van der Waals surface area contributed by atoms with Crippen molar-refractivity contribution in [2.45, 2.75) is 32.6 Å². The number of aromatic nitrogens is 1. The zero-order chi connectivity index (χ0) is 21.1. The molecule has 2 heterocycles. The number of carbonyl (C=O) groups is 1. The number of piperidine rings is 1. The van der Waals surface area contributed by atoms with Gasteiger partial charge < -0.3 is 14.4 Å². The number of fused-ring (bicyclic) bond motifs is 1. The molecule has 2 aromatic carbocycles. The van der Waals surface area contributed by atoms with Gasteiger partial charge >= 0.3 is 0 Å². The van der Waals surface area contributed by atoms with Gasteiger partial charge in [-0.15, -0.1) is 0 Å². The van der Waals surface area contributed by atoms with Crippen LogP contribution in [0.25, 0.3) is 10.2 Å². The van der Waals surface area contributed by atoms with Crippen LogP contribution in [-0.2, 0) is 11.2 Å². The van der Waals surface area contributed by atoms with E-state index in [9.17, 15) is 4.79 Å². The van der Waals surface area contributed by atoms with E-state index in [0.29, 0.717) is 18.1 Å². The molecule has 30 heavy (non-hydrogen) atoms. The maximum absolute atomic E-state index is 10.8. The van der Waals surface area contributed by atoms with Crippen LogP contribution in [0.5, 0.6) is 5.75 Å². The number of thiazole rings is 1. The molecule has 1 saturated heterocycles. The van der Waals surface area contributed by atoms with Crippen LogP contribution < -0.4 is 9.64 Å². The number of benzene rings is 2. The Kier molecular flexibility index (Phi) is 6.51.